The number of hydrogen-bond acceptors (Lipinski definition) is 6. The van der Waals surface area contributed by atoms with Crippen LogP contribution in [0.1, 0.15) is 28.8 Å². The predicted octanol–water partition coefficient (Wildman–Crippen LogP) is 2.40. The van der Waals surface area contributed by atoms with Crippen LogP contribution in [0.4, 0.5) is 9.52 Å². The average Bonchev–Trinajstić information content (AvgIpc) is 3.41. The molecule has 2 bridgehead atoms. The van der Waals surface area contributed by atoms with Gasteiger partial charge in [0.25, 0.3) is 5.91 Å². The third kappa shape index (κ3) is 2.73. The molecule has 3 fully saturated rings. The molecule has 1 aromatic heterocycles. The van der Waals surface area contributed by atoms with Crippen molar-refractivity contribution in [3.63, 3.8) is 0 Å². The zero-order valence-electron chi connectivity index (χ0n) is 15.0. The lowest BCUT2D eigenvalue weighted by Gasteiger charge is -2.29. The van der Waals surface area contributed by atoms with Crippen molar-refractivity contribution in [2.75, 3.05) is 24.5 Å². The van der Waals surface area contributed by atoms with Gasteiger partial charge < -0.3 is 15.0 Å². The largest absolute Gasteiger partial charge is 0.369 e. The number of aryl methyl sites for hydroxylation is 1. The second-order valence-corrected chi connectivity index (χ2v) is 8.61. The van der Waals surface area contributed by atoms with Crippen LogP contribution < -0.4 is 10.2 Å². The molecule has 3 aliphatic heterocycles. The summed E-state index contributed by atoms with van der Waals surface area (Å²) in [5.74, 6) is 0.0304. The van der Waals surface area contributed by atoms with Crippen LogP contribution in [0.15, 0.2) is 23.7 Å². The van der Waals surface area contributed by atoms with Gasteiger partial charge >= 0.3 is 0 Å². The number of benzene rings is 1. The number of carbonyl (C=O) groups is 1. The second-order valence-electron chi connectivity index (χ2n) is 7.80. The zero-order valence-corrected chi connectivity index (χ0v) is 15.8. The van der Waals surface area contributed by atoms with Crippen LogP contribution in [0.5, 0.6) is 0 Å². The molecular weight excluding hydrogens is 367 g/mol. The summed E-state index contributed by atoms with van der Waals surface area (Å²) in [6, 6.07) is 4.31. The first kappa shape index (κ1) is 17.1. The fourth-order valence-corrected chi connectivity index (χ4v) is 5.63. The van der Waals surface area contributed by atoms with E-state index in [1.807, 2.05) is 6.92 Å². The first-order valence-electron chi connectivity index (χ1n) is 9.29. The van der Waals surface area contributed by atoms with E-state index in [-0.39, 0.29) is 23.5 Å². The van der Waals surface area contributed by atoms with E-state index in [9.17, 15) is 9.18 Å². The molecule has 27 heavy (non-hydrogen) atoms. The molecule has 3 aliphatic rings. The summed E-state index contributed by atoms with van der Waals surface area (Å²) >= 11 is 1.54. The lowest BCUT2D eigenvalue weighted by atomic mass is 9.73. The van der Waals surface area contributed by atoms with Gasteiger partial charge in [0.05, 0.1) is 11.7 Å². The van der Waals surface area contributed by atoms with Crippen molar-refractivity contribution in [1.29, 1.82) is 0 Å². The number of rotatable bonds is 4. The number of ether oxygens (including phenoxy) is 1. The van der Waals surface area contributed by atoms with Crippen LogP contribution in [0.3, 0.4) is 0 Å². The highest BCUT2D eigenvalue weighted by Gasteiger charge is 2.63. The van der Waals surface area contributed by atoms with E-state index < -0.39 is 5.82 Å². The monoisotopic (exact) mass is 388 g/mol. The Kier molecular flexibility index (Phi) is 3.94. The maximum absolute atomic E-state index is 13.5. The van der Waals surface area contributed by atoms with Crippen molar-refractivity contribution >= 4 is 22.4 Å². The molecule has 1 aromatic carbocycles. The Morgan fingerprint density at radius 2 is 2.41 bits per heavy atom. The van der Waals surface area contributed by atoms with Crippen LogP contribution in [0.2, 0.25) is 0 Å². The minimum absolute atomic E-state index is 0.125. The van der Waals surface area contributed by atoms with Gasteiger partial charge in [0.1, 0.15) is 11.3 Å². The van der Waals surface area contributed by atoms with Crippen LogP contribution in [0.25, 0.3) is 0 Å². The molecule has 0 radical (unpaired) electrons. The van der Waals surface area contributed by atoms with Crippen LogP contribution in [0, 0.1) is 24.6 Å². The number of fused-ring (bicyclic) bond motifs is 1. The van der Waals surface area contributed by atoms with Crippen molar-refractivity contribution in [1.82, 2.24) is 15.5 Å². The van der Waals surface area contributed by atoms with Gasteiger partial charge in [0.15, 0.2) is 0 Å². The topological polar surface area (TPSA) is 67.4 Å². The van der Waals surface area contributed by atoms with Gasteiger partial charge in [0, 0.05) is 37.0 Å². The molecule has 4 heterocycles. The molecule has 8 heteroatoms. The molecular formula is C19H21FN4O2S. The number of nitrogens with zero attached hydrogens (tertiary/aromatic N) is 3. The van der Waals surface area contributed by atoms with E-state index >= 15 is 0 Å². The Bertz CT molecular complexity index is 877. The summed E-state index contributed by atoms with van der Waals surface area (Å²) in [5.41, 5.74) is 2.80. The summed E-state index contributed by atoms with van der Waals surface area (Å²) in [6.07, 6.45) is 2.28. The van der Waals surface area contributed by atoms with Crippen LogP contribution in [-0.4, -0.2) is 47.4 Å². The Balaban J connectivity index is 1.30. The average molecular weight is 388 g/mol. The quantitative estimate of drug-likeness (QED) is 0.871. The third-order valence-corrected chi connectivity index (χ3v) is 7.10. The summed E-state index contributed by atoms with van der Waals surface area (Å²) in [6.45, 7) is 4.10. The van der Waals surface area contributed by atoms with E-state index in [1.165, 1.54) is 12.1 Å². The van der Waals surface area contributed by atoms with Crippen molar-refractivity contribution in [3.8, 4) is 0 Å². The maximum Gasteiger partial charge on any atom is 0.251 e. The summed E-state index contributed by atoms with van der Waals surface area (Å²) < 4.78 is 19.9. The van der Waals surface area contributed by atoms with E-state index in [4.69, 9.17) is 4.74 Å². The SMILES string of the molecule is Cc1ccc(F)cc1C(=O)NC[C@H]1[C@H]2CN(c3nncs3)C[C@]23CC[C@H]1O3. The fourth-order valence-electron chi connectivity index (χ4n) is 5.06. The lowest BCUT2D eigenvalue weighted by molar-refractivity contribution is 0.0141. The van der Waals surface area contributed by atoms with Gasteiger partial charge in [-0.15, -0.1) is 10.2 Å². The molecule has 4 atom stereocenters. The Hall–Kier alpha value is -2.06. The summed E-state index contributed by atoms with van der Waals surface area (Å²) in [5, 5.41) is 12.1. The summed E-state index contributed by atoms with van der Waals surface area (Å²) in [4.78, 5) is 14.8. The lowest BCUT2D eigenvalue weighted by Crippen LogP contribution is -2.42. The van der Waals surface area contributed by atoms with Gasteiger partial charge in [-0.1, -0.05) is 17.4 Å². The summed E-state index contributed by atoms with van der Waals surface area (Å²) in [7, 11) is 0. The van der Waals surface area contributed by atoms with Gasteiger partial charge in [-0.3, -0.25) is 4.79 Å². The number of anilines is 1. The highest BCUT2D eigenvalue weighted by atomic mass is 32.1. The molecule has 5 rings (SSSR count). The smallest absolute Gasteiger partial charge is 0.251 e. The zero-order chi connectivity index (χ0) is 18.6. The fraction of sp³-hybridized carbons (Fsp3) is 0.526. The van der Waals surface area contributed by atoms with E-state index in [2.05, 4.69) is 20.4 Å². The minimum Gasteiger partial charge on any atom is -0.369 e. The number of amides is 1. The highest BCUT2D eigenvalue weighted by molar-refractivity contribution is 7.13. The van der Waals surface area contributed by atoms with E-state index in [0.29, 0.717) is 18.0 Å². The second kappa shape index (κ2) is 6.24. The van der Waals surface area contributed by atoms with Gasteiger partial charge in [-0.05, 0) is 37.5 Å². The first-order valence-corrected chi connectivity index (χ1v) is 10.2. The molecule has 0 saturated carbocycles. The van der Waals surface area contributed by atoms with Gasteiger partial charge in [0.2, 0.25) is 5.13 Å². The van der Waals surface area contributed by atoms with E-state index in [0.717, 1.165) is 36.6 Å². The molecule has 3 saturated heterocycles. The van der Waals surface area contributed by atoms with Crippen molar-refractivity contribution in [2.45, 2.75) is 31.5 Å². The number of halogens is 1. The van der Waals surface area contributed by atoms with E-state index in [1.54, 1.807) is 22.9 Å². The van der Waals surface area contributed by atoms with Gasteiger partial charge in [-0.25, -0.2) is 4.39 Å². The normalized spacial score (nSPS) is 31.3. The van der Waals surface area contributed by atoms with Gasteiger partial charge in [-0.2, -0.15) is 0 Å². The van der Waals surface area contributed by atoms with Crippen molar-refractivity contribution in [2.24, 2.45) is 11.8 Å². The Morgan fingerprint density at radius 1 is 1.52 bits per heavy atom. The standard InChI is InChI=1S/C19H21FN4O2S/c1-11-2-3-12(20)6-13(11)17(25)21-7-14-15-8-24(18-23-22-10-27-18)9-19(15)5-4-16(14)26-19/h2-3,6,10,14-16H,4-5,7-9H2,1H3,(H,21,25)/t14-,15+,16+,19+/m0/s1. The Labute approximate surface area is 160 Å². The number of aromatic nitrogens is 2. The predicted molar refractivity (Wildman–Crippen MR) is 99.4 cm³/mol. The van der Waals surface area contributed by atoms with Crippen LogP contribution >= 0.6 is 11.3 Å². The number of nitrogens with one attached hydrogen (secondary N) is 1. The molecule has 1 amide bonds. The molecule has 6 nitrogen and oxygen atoms in total. The maximum atomic E-state index is 13.5. The molecule has 2 aromatic rings. The molecule has 142 valence electrons. The van der Waals surface area contributed by atoms with Crippen LogP contribution in [-0.2, 0) is 4.74 Å². The minimum atomic E-state index is -0.392. The first-order chi connectivity index (χ1) is 13.1. The molecule has 1 spiro atoms. The van der Waals surface area contributed by atoms with Crippen molar-refractivity contribution < 1.29 is 13.9 Å². The van der Waals surface area contributed by atoms with Crippen molar-refractivity contribution in [3.05, 3.63) is 40.7 Å². The number of carbonyl (C=O) groups excluding carboxylic acids is 1. The third-order valence-electron chi connectivity index (χ3n) is 6.35. The molecule has 0 aliphatic carbocycles. The molecule has 0 unspecified atom stereocenters. The Morgan fingerprint density at radius 3 is 3.22 bits per heavy atom. The molecule has 1 N–H and O–H groups in total. The number of hydrogen-bond donors (Lipinski definition) is 1. The highest BCUT2D eigenvalue weighted by Crippen LogP contribution is 2.55.